The van der Waals surface area contributed by atoms with Crippen LogP contribution in [-0.4, -0.2) is 28.9 Å². The summed E-state index contributed by atoms with van der Waals surface area (Å²) >= 11 is 0. The summed E-state index contributed by atoms with van der Waals surface area (Å²) in [5, 5.41) is 7.79. The van der Waals surface area contributed by atoms with Crippen molar-refractivity contribution < 1.29 is 14.3 Å². The first-order valence-corrected chi connectivity index (χ1v) is 10.2. The molecule has 2 aromatic carbocycles. The van der Waals surface area contributed by atoms with Crippen molar-refractivity contribution in [1.29, 1.82) is 0 Å². The Bertz CT molecular complexity index is 1040. The second-order valence-electron chi connectivity index (χ2n) is 8.47. The summed E-state index contributed by atoms with van der Waals surface area (Å²) in [6.07, 6.45) is 0.824. The van der Waals surface area contributed by atoms with Gasteiger partial charge in [-0.15, -0.1) is 0 Å². The van der Waals surface area contributed by atoms with E-state index < -0.39 is 0 Å². The van der Waals surface area contributed by atoms with Gasteiger partial charge in [0.15, 0.2) is 11.5 Å². The van der Waals surface area contributed by atoms with Crippen LogP contribution in [0.1, 0.15) is 48.8 Å². The van der Waals surface area contributed by atoms with Crippen LogP contribution in [0, 0.1) is 0 Å². The molecule has 0 atom stereocenters. The first kappa shape index (κ1) is 20.0. The third kappa shape index (κ3) is 4.48. The largest absolute Gasteiger partial charge is 0.490 e. The Kier molecular flexibility index (Phi) is 5.48. The van der Waals surface area contributed by atoms with Crippen LogP contribution in [-0.2, 0) is 12.0 Å². The minimum absolute atomic E-state index is 0.128. The molecule has 4 rings (SSSR count). The van der Waals surface area contributed by atoms with Gasteiger partial charge in [0.05, 0.1) is 25.5 Å². The van der Waals surface area contributed by atoms with Crippen LogP contribution in [0.15, 0.2) is 54.6 Å². The second-order valence-corrected chi connectivity index (χ2v) is 8.47. The summed E-state index contributed by atoms with van der Waals surface area (Å²) in [5.74, 6) is 1.74. The molecule has 0 bridgehead atoms. The number of anilines is 1. The van der Waals surface area contributed by atoms with Gasteiger partial charge < -0.3 is 14.8 Å². The Morgan fingerprint density at radius 1 is 1.03 bits per heavy atom. The van der Waals surface area contributed by atoms with E-state index in [1.54, 1.807) is 18.2 Å². The van der Waals surface area contributed by atoms with Crippen molar-refractivity contribution in [2.24, 2.45) is 0 Å². The van der Waals surface area contributed by atoms with Crippen LogP contribution >= 0.6 is 0 Å². The first-order chi connectivity index (χ1) is 14.4. The van der Waals surface area contributed by atoms with E-state index >= 15 is 0 Å². The fourth-order valence-electron chi connectivity index (χ4n) is 3.25. The predicted octanol–water partition coefficient (Wildman–Crippen LogP) is 4.64. The zero-order valence-corrected chi connectivity index (χ0v) is 17.6. The maximum atomic E-state index is 13.0. The summed E-state index contributed by atoms with van der Waals surface area (Å²) in [6.45, 7) is 8.10. The number of hydrogen-bond donors (Lipinski definition) is 1. The second kappa shape index (κ2) is 8.22. The molecule has 6 nitrogen and oxygen atoms in total. The molecule has 1 N–H and O–H groups in total. The molecular formula is C24H27N3O3. The van der Waals surface area contributed by atoms with Gasteiger partial charge in [0.1, 0.15) is 5.82 Å². The quantitative estimate of drug-likeness (QED) is 0.687. The van der Waals surface area contributed by atoms with Crippen LogP contribution in [0.2, 0.25) is 0 Å². The van der Waals surface area contributed by atoms with E-state index in [4.69, 9.17) is 14.6 Å². The van der Waals surface area contributed by atoms with Crippen molar-refractivity contribution in [3.63, 3.8) is 0 Å². The van der Waals surface area contributed by atoms with E-state index in [0.717, 1.165) is 17.7 Å². The number of nitrogens with zero attached hydrogens (tertiary/aromatic N) is 2. The normalized spacial score (nSPS) is 13.6. The third-order valence-electron chi connectivity index (χ3n) is 4.97. The average molecular weight is 405 g/mol. The van der Waals surface area contributed by atoms with Gasteiger partial charge in [-0.3, -0.25) is 4.79 Å². The Labute approximate surface area is 176 Å². The van der Waals surface area contributed by atoms with E-state index in [2.05, 4.69) is 26.1 Å². The number of amides is 1. The molecule has 156 valence electrons. The van der Waals surface area contributed by atoms with Gasteiger partial charge in [-0.05, 0) is 23.8 Å². The van der Waals surface area contributed by atoms with Gasteiger partial charge in [0, 0.05) is 23.5 Å². The molecular weight excluding hydrogens is 378 g/mol. The molecule has 2 heterocycles. The molecule has 0 fully saturated rings. The van der Waals surface area contributed by atoms with Crippen molar-refractivity contribution in [2.75, 3.05) is 18.5 Å². The maximum absolute atomic E-state index is 13.0. The number of carbonyl (C=O) groups excluding carboxylic acids is 1. The van der Waals surface area contributed by atoms with Crippen LogP contribution in [0.4, 0.5) is 5.82 Å². The summed E-state index contributed by atoms with van der Waals surface area (Å²) in [6, 6.07) is 17.3. The third-order valence-corrected chi connectivity index (χ3v) is 4.97. The molecule has 0 unspecified atom stereocenters. The predicted molar refractivity (Wildman–Crippen MR) is 116 cm³/mol. The summed E-state index contributed by atoms with van der Waals surface area (Å²) < 4.78 is 13.2. The highest BCUT2D eigenvalue weighted by Crippen LogP contribution is 2.31. The number of hydrogen-bond acceptors (Lipinski definition) is 4. The Hall–Kier alpha value is -3.28. The molecule has 0 saturated carbocycles. The Morgan fingerprint density at radius 2 is 1.77 bits per heavy atom. The molecule has 0 aliphatic carbocycles. The first-order valence-electron chi connectivity index (χ1n) is 10.2. The van der Waals surface area contributed by atoms with Crippen LogP contribution in [0.3, 0.4) is 0 Å². The van der Waals surface area contributed by atoms with Gasteiger partial charge in [-0.2, -0.15) is 5.10 Å². The Balaban J connectivity index is 1.60. The van der Waals surface area contributed by atoms with Gasteiger partial charge in [0.2, 0.25) is 0 Å². The zero-order chi connectivity index (χ0) is 21.1. The number of benzene rings is 2. The summed E-state index contributed by atoms with van der Waals surface area (Å²) in [5.41, 5.74) is 2.43. The number of rotatable bonds is 4. The molecule has 1 amide bonds. The van der Waals surface area contributed by atoms with Crippen molar-refractivity contribution in [1.82, 2.24) is 9.78 Å². The minimum Gasteiger partial charge on any atom is -0.490 e. The van der Waals surface area contributed by atoms with E-state index in [0.29, 0.717) is 42.6 Å². The highest BCUT2D eigenvalue weighted by molar-refractivity contribution is 6.04. The van der Waals surface area contributed by atoms with Gasteiger partial charge in [0.25, 0.3) is 5.91 Å². The highest BCUT2D eigenvalue weighted by Gasteiger charge is 2.22. The Morgan fingerprint density at radius 3 is 2.50 bits per heavy atom. The fourth-order valence-corrected chi connectivity index (χ4v) is 3.25. The lowest BCUT2D eigenvalue weighted by molar-refractivity contribution is 0.102. The van der Waals surface area contributed by atoms with Crippen molar-refractivity contribution in [2.45, 2.75) is 39.2 Å². The van der Waals surface area contributed by atoms with Gasteiger partial charge in [-0.25, -0.2) is 4.68 Å². The van der Waals surface area contributed by atoms with Crippen LogP contribution in [0.5, 0.6) is 11.5 Å². The van der Waals surface area contributed by atoms with Gasteiger partial charge in [-0.1, -0.05) is 51.1 Å². The standard InChI is InChI=1S/C24H27N3O3/c1-24(2,3)21-15-22(27(26-21)16-17-8-5-4-6-9-17)25-23(28)18-10-11-19-20(14-18)30-13-7-12-29-19/h4-6,8-11,14-15H,7,12-13,16H2,1-3H3,(H,25,28). The molecule has 3 aromatic rings. The lowest BCUT2D eigenvalue weighted by atomic mass is 9.92. The number of carbonyl (C=O) groups is 1. The molecule has 1 aromatic heterocycles. The molecule has 30 heavy (non-hydrogen) atoms. The van der Waals surface area contributed by atoms with E-state index in [1.807, 2.05) is 41.1 Å². The smallest absolute Gasteiger partial charge is 0.256 e. The van der Waals surface area contributed by atoms with Crippen molar-refractivity contribution in [3.8, 4) is 11.5 Å². The summed E-state index contributed by atoms with van der Waals surface area (Å²) in [7, 11) is 0. The minimum atomic E-state index is -0.208. The molecule has 0 radical (unpaired) electrons. The molecule has 0 spiro atoms. The van der Waals surface area contributed by atoms with Gasteiger partial charge >= 0.3 is 0 Å². The van der Waals surface area contributed by atoms with E-state index in [9.17, 15) is 4.79 Å². The van der Waals surface area contributed by atoms with Crippen molar-refractivity contribution >= 4 is 11.7 Å². The van der Waals surface area contributed by atoms with E-state index in [-0.39, 0.29) is 11.3 Å². The number of nitrogens with one attached hydrogen (secondary N) is 1. The lowest BCUT2D eigenvalue weighted by Gasteiger charge is -2.14. The molecule has 6 heteroatoms. The molecule has 0 saturated heterocycles. The number of aromatic nitrogens is 2. The number of ether oxygens (including phenoxy) is 2. The van der Waals surface area contributed by atoms with E-state index in [1.165, 1.54) is 0 Å². The molecule has 1 aliphatic rings. The van der Waals surface area contributed by atoms with Crippen LogP contribution in [0.25, 0.3) is 0 Å². The maximum Gasteiger partial charge on any atom is 0.256 e. The lowest BCUT2D eigenvalue weighted by Crippen LogP contribution is -2.16. The zero-order valence-electron chi connectivity index (χ0n) is 17.6. The summed E-state index contributed by atoms with van der Waals surface area (Å²) in [4.78, 5) is 13.0. The van der Waals surface area contributed by atoms with Crippen LogP contribution < -0.4 is 14.8 Å². The van der Waals surface area contributed by atoms with Crippen molar-refractivity contribution in [3.05, 3.63) is 71.4 Å². The fraction of sp³-hybridized carbons (Fsp3) is 0.333. The highest BCUT2D eigenvalue weighted by atomic mass is 16.5. The topological polar surface area (TPSA) is 65.4 Å². The molecule has 1 aliphatic heterocycles. The average Bonchev–Trinajstić information content (AvgIpc) is 2.97. The monoisotopic (exact) mass is 405 g/mol. The SMILES string of the molecule is CC(C)(C)c1cc(NC(=O)c2ccc3c(c2)OCCCO3)n(Cc2ccccc2)n1. The number of fused-ring (bicyclic) bond motifs is 1.